The van der Waals surface area contributed by atoms with E-state index in [4.69, 9.17) is 4.74 Å². The topological polar surface area (TPSA) is 45.7 Å². The molecule has 2 aromatic heterocycles. The van der Waals surface area contributed by atoms with Gasteiger partial charge < -0.3 is 14.5 Å². The maximum atomic E-state index is 12.5. The van der Waals surface area contributed by atoms with Crippen molar-refractivity contribution in [2.75, 3.05) is 38.7 Å². The van der Waals surface area contributed by atoms with E-state index in [-0.39, 0.29) is 12.0 Å². The van der Waals surface area contributed by atoms with Crippen LogP contribution in [0, 0.1) is 0 Å². The van der Waals surface area contributed by atoms with Crippen molar-refractivity contribution in [2.24, 2.45) is 0 Å². The highest BCUT2D eigenvalue weighted by atomic mass is 32.1. The minimum Gasteiger partial charge on any atom is -0.368 e. The highest BCUT2D eigenvalue weighted by Crippen LogP contribution is 2.23. The summed E-state index contributed by atoms with van der Waals surface area (Å²) < 4.78 is 5.86. The van der Waals surface area contributed by atoms with E-state index in [1.165, 1.54) is 4.88 Å². The van der Waals surface area contributed by atoms with Crippen LogP contribution >= 0.6 is 11.3 Å². The average molecular weight is 345 g/mol. The molecule has 3 heterocycles. The second kappa shape index (κ2) is 7.77. The predicted octanol–water partition coefficient (Wildman–Crippen LogP) is 2.74. The zero-order chi connectivity index (χ0) is 16.9. The second-order valence-corrected chi connectivity index (χ2v) is 7.13. The Balaban J connectivity index is 1.61. The van der Waals surface area contributed by atoms with Crippen LogP contribution in [0.25, 0.3) is 0 Å². The van der Waals surface area contributed by atoms with Gasteiger partial charge in [-0.15, -0.1) is 11.3 Å². The smallest absolute Gasteiger partial charge is 0.223 e. The number of aromatic nitrogens is 1. The first-order valence-electron chi connectivity index (χ1n) is 8.19. The Bertz CT molecular complexity index is 673. The van der Waals surface area contributed by atoms with E-state index in [1.807, 2.05) is 53.5 Å². The van der Waals surface area contributed by atoms with Gasteiger partial charge in [-0.05, 0) is 30.0 Å². The molecule has 0 bridgehead atoms. The number of anilines is 1. The summed E-state index contributed by atoms with van der Waals surface area (Å²) in [4.78, 5) is 22.3. The molecule has 24 heavy (non-hydrogen) atoms. The summed E-state index contributed by atoms with van der Waals surface area (Å²) in [5.74, 6) is 1.10. The lowest BCUT2D eigenvalue weighted by atomic mass is 10.1. The molecule has 0 radical (unpaired) electrons. The predicted molar refractivity (Wildman–Crippen MR) is 96.5 cm³/mol. The zero-order valence-electron chi connectivity index (χ0n) is 14.1. The largest absolute Gasteiger partial charge is 0.368 e. The molecule has 128 valence electrons. The van der Waals surface area contributed by atoms with Gasteiger partial charge in [0.2, 0.25) is 5.91 Å². The van der Waals surface area contributed by atoms with Gasteiger partial charge in [-0.2, -0.15) is 0 Å². The molecule has 2 aromatic rings. The molecule has 5 nitrogen and oxygen atoms in total. The molecule has 0 unspecified atom stereocenters. The Hall–Kier alpha value is -1.92. The third kappa shape index (κ3) is 4.13. The quantitative estimate of drug-likeness (QED) is 0.836. The van der Waals surface area contributed by atoms with Crippen LogP contribution in [0.5, 0.6) is 0 Å². The zero-order valence-corrected chi connectivity index (χ0v) is 15.0. The van der Waals surface area contributed by atoms with Crippen LogP contribution < -0.4 is 4.90 Å². The number of aryl methyl sites for hydroxylation is 1. The number of carbonyl (C=O) groups is 1. The number of thiophene rings is 1. The van der Waals surface area contributed by atoms with Gasteiger partial charge in [0, 0.05) is 31.9 Å². The molecule has 6 heteroatoms. The Kier molecular flexibility index (Phi) is 5.48. The summed E-state index contributed by atoms with van der Waals surface area (Å²) in [5, 5.41) is 2.05. The van der Waals surface area contributed by atoms with Gasteiger partial charge in [-0.1, -0.05) is 12.1 Å². The SMILES string of the molecule is CN(C)c1cccc([C@H]2CN(C(=O)CCc3cccs3)CCO2)n1. The van der Waals surface area contributed by atoms with Crippen LogP contribution in [-0.2, 0) is 16.0 Å². The number of hydrogen-bond acceptors (Lipinski definition) is 5. The van der Waals surface area contributed by atoms with E-state index < -0.39 is 0 Å². The number of morpholine rings is 1. The fourth-order valence-corrected chi connectivity index (χ4v) is 3.47. The number of rotatable bonds is 5. The second-order valence-electron chi connectivity index (χ2n) is 6.09. The maximum Gasteiger partial charge on any atom is 0.223 e. The Morgan fingerprint density at radius 1 is 1.38 bits per heavy atom. The van der Waals surface area contributed by atoms with Crippen LogP contribution in [0.4, 0.5) is 5.82 Å². The van der Waals surface area contributed by atoms with Crippen molar-refractivity contribution in [3.63, 3.8) is 0 Å². The van der Waals surface area contributed by atoms with Crippen LogP contribution in [0.3, 0.4) is 0 Å². The minimum atomic E-state index is -0.149. The van der Waals surface area contributed by atoms with Gasteiger partial charge in [0.1, 0.15) is 11.9 Å². The summed E-state index contributed by atoms with van der Waals surface area (Å²) in [6.45, 7) is 1.80. The van der Waals surface area contributed by atoms with Crippen molar-refractivity contribution in [3.8, 4) is 0 Å². The Morgan fingerprint density at radius 3 is 3.00 bits per heavy atom. The molecular formula is C18H23N3O2S. The Labute approximate surface area is 146 Å². The van der Waals surface area contributed by atoms with Crippen molar-refractivity contribution in [2.45, 2.75) is 18.9 Å². The van der Waals surface area contributed by atoms with Gasteiger partial charge >= 0.3 is 0 Å². The van der Waals surface area contributed by atoms with Crippen molar-refractivity contribution < 1.29 is 9.53 Å². The molecule has 1 atom stereocenters. The van der Waals surface area contributed by atoms with E-state index in [2.05, 4.69) is 11.1 Å². The first kappa shape index (κ1) is 16.9. The molecule has 1 fully saturated rings. The molecule has 0 aromatic carbocycles. The summed E-state index contributed by atoms with van der Waals surface area (Å²) in [5.41, 5.74) is 0.886. The summed E-state index contributed by atoms with van der Waals surface area (Å²) in [6.07, 6.45) is 1.22. The van der Waals surface area contributed by atoms with Gasteiger partial charge in [-0.3, -0.25) is 4.79 Å². The summed E-state index contributed by atoms with van der Waals surface area (Å²) in [6, 6.07) is 10.0. The number of amides is 1. The number of nitrogens with zero attached hydrogens (tertiary/aromatic N) is 3. The van der Waals surface area contributed by atoms with Crippen molar-refractivity contribution in [1.82, 2.24) is 9.88 Å². The standard InChI is InChI=1S/C18H23N3O2S/c1-20(2)17-7-3-6-15(19-17)16-13-21(10-11-23-16)18(22)9-8-14-5-4-12-24-14/h3-7,12,16H,8-11,13H2,1-2H3/t16-/m1/s1. The van der Waals surface area contributed by atoms with Gasteiger partial charge in [0.15, 0.2) is 0 Å². The molecule has 0 aliphatic carbocycles. The van der Waals surface area contributed by atoms with Crippen LogP contribution in [0.2, 0.25) is 0 Å². The highest BCUT2D eigenvalue weighted by molar-refractivity contribution is 7.09. The van der Waals surface area contributed by atoms with Gasteiger partial charge in [0.05, 0.1) is 18.8 Å². The molecule has 1 saturated heterocycles. The third-order valence-corrected chi connectivity index (χ3v) is 5.06. The van der Waals surface area contributed by atoms with Gasteiger partial charge in [-0.25, -0.2) is 4.98 Å². The van der Waals surface area contributed by atoms with E-state index in [9.17, 15) is 4.79 Å². The molecule has 1 amide bonds. The lowest BCUT2D eigenvalue weighted by Gasteiger charge is -2.33. The molecule has 0 spiro atoms. The molecule has 0 saturated carbocycles. The molecule has 1 aliphatic rings. The minimum absolute atomic E-state index is 0.149. The first-order valence-corrected chi connectivity index (χ1v) is 9.07. The Morgan fingerprint density at radius 2 is 2.25 bits per heavy atom. The normalized spacial score (nSPS) is 17.8. The van der Waals surface area contributed by atoms with Gasteiger partial charge in [0.25, 0.3) is 0 Å². The molecule has 1 aliphatic heterocycles. The van der Waals surface area contributed by atoms with Crippen LogP contribution in [0.15, 0.2) is 35.7 Å². The van der Waals surface area contributed by atoms with Crippen molar-refractivity contribution >= 4 is 23.1 Å². The van der Waals surface area contributed by atoms with Crippen molar-refractivity contribution in [3.05, 3.63) is 46.3 Å². The number of hydrogen-bond donors (Lipinski definition) is 0. The number of ether oxygens (including phenoxy) is 1. The maximum absolute atomic E-state index is 12.5. The summed E-state index contributed by atoms with van der Waals surface area (Å²) >= 11 is 1.70. The fraction of sp³-hybridized carbons (Fsp3) is 0.444. The summed E-state index contributed by atoms with van der Waals surface area (Å²) in [7, 11) is 3.93. The van der Waals surface area contributed by atoms with Crippen LogP contribution in [-0.4, -0.2) is 49.6 Å². The van der Waals surface area contributed by atoms with E-state index in [1.54, 1.807) is 11.3 Å². The number of pyridine rings is 1. The lowest BCUT2D eigenvalue weighted by Crippen LogP contribution is -2.42. The van der Waals surface area contributed by atoms with E-state index in [0.29, 0.717) is 26.1 Å². The highest BCUT2D eigenvalue weighted by Gasteiger charge is 2.26. The first-order chi connectivity index (χ1) is 11.6. The van der Waals surface area contributed by atoms with E-state index >= 15 is 0 Å². The van der Waals surface area contributed by atoms with Crippen LogP contribution in [0.1, 0.15) is 23.1 Å². The number of carbonyl (C=O) groups excluding carboxylic acids is 1. The van der Waals surface area contributed by atoms with E-state index in [0.717, 1.165) is 17.9 Å². The fourth-order valence-electron chi connectivity index (χ4n) is 2.77. The molecular weight excluding hydrogens is 322 g/mol. The monoisotopic (exact) mass is 345 g/mol. The molecule has 3 rings (SSSR count). The lowest BCUT2D eigenvalue weighted by molar-refractivity contribution is -0.139. The average Bonchev–Trinajstić information content (AvgIpc) is 3.13. The molecule has 0 N–H and O–H groups in total. The van der Waals surface area contributed by atoms with Crippen molar-refractivity contribution in [1.29, 1.82) is 0 Å². The third-order valence-electron chi connectivity index (χ3n) is 4.13.